The maximum atomic E-state index is 3.20. The van der Waals surface area contributed by atoms with Gasteiger partial charge in [0.2, 0.25) is 0 Å². The lowest BCUT2D eigenvalue weighted by Crippen LogP contribution is -2.42. The molecule has 4 heteroatoms. The highest BCUT2D eigenvalue weighted by Crippen LogP contribution is 2.26. The molecule has 0 atom stereocenters. The van der Waals surface area contributed by atoms with E-state index in [-0.39, 0.29) is 0 Å². The van der Waals surface area contributed by atoms with Gasteiger partial charge in [0, 0.05) is 50.4 Å². The Morgan fingerprint density at radius 1 is 0.955 bits per heavy atom. The van der Waals surface area contributed by atoms with Crippen LogP contribution >= 0.6 is 11.9 Å². The van der Waals surface area contributed by atoms with Gasteiger partial charge in [-0.25, -0.2) is 4.31 Å². The van der Waals surface area contributed by atoms with Crippen LogP contribution in [0.15, 0.2) is 59.5 Å². The van der Waals surface area contributed by atoms with Crippen molar-refractivity contribution < 1.29 is 0 Å². The third-order valence-corrected chi connectivity index (χ3v) is 5.03. The third kappa shape index (κ3) is 4.26. The molecule has 0 bridgehead atoms. The smallest absolute Gasteiger partial charge is 0.0349 e. The highest BCUT2D eigenvalue weighted by molar-refractivity contribution is 7.97. The predicted octanol–water partition coefficient (Wildman–Crippen LogP) is 3.55. The van der Waals surface area contributed by atoms with Crippen molar-refractivity contribution in [2.24, 2.45) is 0 Å². The molecule has 0 saturated carbocycles. The second kappa shape index (κ2) is 7.68. The number of rotatable bonds is 5. The summed E-state index contributed by atoms with van der Waals surface area (Å²) in [6.45, 7) is 5.55. The van der Waals surface area contributed by atoms with Crippen LogP contribution in [0.4, 0.5) is 5.69 Å². The van der Waals surface area contributed by atoms with Crippen molar-refractivity contribution in [3.8, 4) is 0 Å². The molecule has 22 heavy (non-hydrogen) atoms. The minimum Gasteiger partial charge on any atom is -0.388 e. The summed E-state index contributed by atoms with van der Waals surface area (Å²) < 4.78 is 2.47. The van der Waals surface area contributed by atoms with Crippen LogP contribution in [0.1, 0.15) is 5.56 Å². The fourth-order valence-electron chi connectivity index (χ4n) is 2.68. The first-order valence-corrected chi connectivity index (χ1v) is 8.58. The molecule has 0 unspecified atom stereocenters. The van der Waals surface area contributed by atoms with Gasteiger partial charge in [-0.3, -0.25) is 4.90 Å². The molecule has 3 rings (SSSR count). The topological polar surface area (TPSA) is 18.5 Å². The average Bonchev–Trinajstić information content (AvgIpc) is 2.58. The van der Waals surface area contributed by atoms with Crippen LogP contribution in [0.2, 0.25) is 0 Å². The molecule has 1 N–H and O–H groups in total. The summed E-state index contributed by atoms with van der Waals surface area (Å²) in [6.07, 6.45) is 0. The molecule has 0 amide bonds. The number of benzene rings is 2. The Balaban J connectivity index is 1.49. The molecule has 1 saturated heterocycles. The van der Waals surface area contributed by atoms with Crippen molar-refractivity contribution >= 4 is 17.6 Å². The van der Waals surface area contributed by atoms with Crippen molar-refractivity contribution in [1.29, 1.82) is 0 Å². The lowest BCUT2D eigenvalue weighted by Gasteiger charge is -2.33. The van der Waals surface area contributed by atoms with E-state index in [2.05, 4.69) is 69.1 Å². The molecule has 0 spiro atoms. The van der Waals surface area contributed by atoms with Crippen LogP contribution in [0.25, 0.3) is 0 Å². The summed E-state index contributed by atoms with van der Waals surface area (Å²) in [5.41, 5.74) is 2.58. The predicted molar refractivity (Wildman–Crippen MR) is 95.1 cm³/mol. The first-order chi connectivity index (χ1) is 10.8. The van der Waals surface area contributed by atoms with Gasteiger partial charge in [0.05, 0.1) is 0 Å². The van der Waals surface area contributed by atoms with Crippen LogP contribution < -0.4 is 5.32 Å². The first-order valence-electron chi connectivity index (χ1n) is 7.80. The van der Waals surface area contributed by atoms with Crippen molar-refractivity contribution in [2.45, 2.75) is 11.4 Å². The minimum absolute atomic E-state index is 1.06. The Hall–Kier alpha value is -1.49. The van der Waals surface area contributed by atoms with Crippen molar-refractivity contribution in [2.75, 3.05) is 38.5 Å². The molecule has 0 aliphatic carbocycles. The summed E-state index contributed by atoms with van der Waals surface area (Å²) in [5, 5.41) is 3.20. The Morgan fingerprint density at radius 3 is 2.45 bits per heavy atom. The number of piperazine rings is 1. The van der Waals surface area contributed by atoms with Crippen LogP contribution in [-0.4, -0.2) is 42.4 Å². The first kappa shape index (κ1) is 15.4. The molecule has 3 nitrogen and oxygen atoms in total. The van der Waals surface area contributed by atoms with Gasteiger partial charge < -0.3 is 5.32 Å². The summed E-state index contributed by atoms with van der Waals surface area (Å²) >= 11 is 1.87. The van der Waals surface area contributed by atoms with Crippen LogP contribution in [0, 0.1) is 0 Å². The molecule has 1 fully saturated rings. The number of anilines is 1. The summed E-state index contributed by atoms with van der Waals surface area (Å²) in [4.78, 5) is 3.85. The van der Waals surface area contributed by atoms with Gasteiger partial charge >= 0.3 is 0 Å². The number of hydrogen-bond acceptors (Lipinski definition) is 4. The number of nitrogens with one attached hydrogen (secondary N) is 1. The molecule has 1 aliphatic rings. The quantitative estimate of drug-likeness (QED) is 0.851. The Kier molecular flexibility index (Phi) is 5.38. The summed E-state index contributed by atoms with van der Waals surface area (Å²) in [7, 11) is 1.96. The van der Waals surface area contributed by atoms with E-state index in [9.17, 15) is 0 Å². The van der Waals surface area contributed by atoms with E-state index in [0.29, 0.717) is 0 Å². The second-order valence-electron chi connectivity index (χ2n) is 5.56. The number of nitrogens with zero attached hydrogens (tertiary/aromatic N) is 2. The van der Waals surface area contributed by atoms with Gasteiger partial charge in [0.25, 0.3) is 0 Å². The van der Waals surface area contributed by atoms with Crippen LogP contribution in [-0.2, 0) is 6.54 Å². The summed E-state index contributed by atoms with van der Waals surface area (Å²) in [5.74, 6) is 0. The zero-order chi connectivity index (χ0) is 15.2. The maximum Gasteiger partial charge on any atom is 0.0349 e. The molecule has 1 heterocycles. The Labute approximate surface area is 137 Å². The Bertz CT molecular complexity index is 580. The Morgan fingerprint density at radius 2 is 1.73 bits per heavy atom. The van der Waals surface area contributed by atoms with E-state index < -0.39 is 0 Å². The van der Waals surface area contributed by atoms with E-state index >= 15 is 0 Å². The van der Waals surface area contributed by atoms with E-state index in [4.69, 9.17) is 0 Å². The van der Waals surface area contributed by atoms with Crippen LogP contribution in [0.3, 0.4) is 0 Å². The molecule has 1 aliphatic heterocycles. The zero-order valence-corrected chi connectivity index (χ0v) is 13.9. The van der Waals surface area contributed by atoms with Crippen LogP contribution in [0.5, 0.6) is 0 Å². The van der Waals surface area contributed by atoms with Crippen molar-refractivity contribution in [1.82, 2.24) is 9.21 Å². The average molecular weight is 313 g/mol. The zero-order valence-electron chi connectivity index (χ0n) is 13.0. The molecule has 116 valence electrons. The van der Waals surface area contributed by atoms with Gasteiger partial charge in [-0.2, -0.15) is 0 Å². The minimum atomic E-state index is 1.06. The fraction of sp³-hybridized carbons (Fsp3) is 0.333. The lowest BCUT2D eigenvalue weighted by atomic mass is 10.2. The van der Waals surface area contributed by atoms with E-state index in [1.807, 2.05) is 19.0 Å². The fourth-order valence-corrected chi connectivity index (χ4v) is 3.64. The lowest BCUT2D eigenvalue weighted by molar-refractivity contribution is 0.189. The van der Waals surface area contributed by atoms with Gasteiger partial charge in [-0.05, 0) is 35.7 Å². The maximum absolute atomic E-state index is 3.20. The normalized spacial score (nSPS) is 16.6. The number of hydrogen-bond donors (Lipinski definition) is 1. The highest BCUT2D eigenvalue weighted by atomic mass is 32.2. The molecule has 0 radical (unpaired) electrons. The van der Waals surface area contributed by atoms with Crippen molar-refractivity contribution in [3.63, 3.8) is 0 Å². The van der Waals surface area contributed by atoms with Gasteiger partial charge in [-0.1, -0.05) is 36.4 Å². The highest BCUT2D eigenvalue weighted by Gasteiger charge is 2.17. The van der Waals surface area contributed by atoms with E-state index in [0.717, 1.165) is 32.7 Å². The van der Waals surface area contributed by atoms with Gasteiger partial charge in [0.1, 0.15) is 0 Å². The molecule has 2 aromatic carbocycles. The van der Waals surface area contributed by atoms with Gasteiger partial charge in [0.15, 0.2) is 0 Å². The standard InChI is InChI=1S/C18H23N3S/c1-19-17-8-5-9-18(14-17)22-21-12-10-20(11-13-21)15-16-6-3-2-4-7-16/h2-9,14,19H,10-13,15H2,1H3. The van der Waals surface area contributed by atoms with E-state index in [1.54, 1.807) is 0 Å². The molecule has 2 aromatic rings. The SMILES string of the molecule is CNc1cccc(SN2CCN(Cc3ccccc3)CC2)c1. The monoisotopic (exact) mass is 313 g/mol. The van der Waals surface area contributed by atoms with Crippen molar-refractivity contribution in [3.05, 3.63) is 60.2 Å². The molecular formula is C18H23N3S. The summed E-state index contributed by atoms with van der Waals surface area (Å²) in [6, 6.07) is 19.4. The van der Waals surface area contributed by atoms with E-state index in [1.165, 1.54) is 16.1 Å². The third-order valence-electron chi connectivity index (χ3n) is 3.94. The largest absolute Gasteiger partial charge is 0.388 e. The second-order valence-corrected chi connectivity index (χ2v) is 6.73. The molecule has 0 aromatic heterocycles. The van der Waals surface area contributed by atoms with Gasteiger partial charge in [-0.15, -0.1) is 0 Å². The molecular weight excluding hydrogens is 290 g/mol.